The Kier molecular flexibility index (Phi) is 15.1. The van der Waals surface area contributed by atoms with Crippen molar-refractivity contribution in [3.8, 4) is 16.9 Å². The predicted molar refractivity (Wildman–Crippen MR) is 155 cm³/mol. The van der Waals surface area contributed by atoms with Crippen LogP contribution >= 0.6 is 0 Å². The second kappa shape index (κ2) is 18.3. The van der Waals surface area contributed by atoms with Crippen LogP contribution < -0.4 is 4.74 Å². The van der Waals surface area contributed by atoms with Gasteiger partial charge in [-0.05, 0) is 31.5 Å². The van der Waals surface area contributed by atoms with E-state index in [2.05, 4.69) is 6.92 Å². The third kappa shape index (κ3) is 11.6. The van der Waals surface area contributed by atoms with Crippen LogP contribution in [-0.2, 0) is 0 Å². The summed E-state index contributed by atoms with van der Waals surface area (Å²) in [6.45, 7) is 4.59. The van der Waals surface area contributed by atoms with Gasteiger partial charge < -0.3 is 4.74 Å². The van der Waals surface area contributed by atoms with Gasteiger partial charge in [0.2, 0.25) is 0 Å². The minimum atomic E-state index is -0.513. The van der Waals surface area contributed by atoms with Crippen LogP contribution in [0.4, 0.5) is 11.4 Å². The van der Waals surface area contributed by atoms with Crippen molar-refractivity contribution in [3.05, 3.63) is 62.2 Å². The van der Waals surface area contributed by atoms with E-state index in [1.807, 2.05) is 0 Å². The Bertz CT molecular complexity index is 992. The van der Waals surface area contributed by atoms with Crippen molar-refractivity contribution in [2.75, 3.05) is 6.61 Å². The molecule has 0 spiro atoms. The summed E-state index contributed by atoms with van der Waals surface area (Å²) >= 11 is 0. The zero-order valence-electron chi connectivity index (χ0n) is 23.4. The summed E-state index contributed by atoms with van der Waals surface area (Å²) in [6.07, 6.45) is 20.9. The fourth-order valence-electron chi connectivity index (χ4n) is 4.84. The summed E-state index contributed by atoms with van der Waals surface area (Å²) in [5.74, 6) is 0.488. The third-order valence-electron chi connectivity index (χ3n) is 7.07. The van der Waals surface area contributed by atoms with Crippen LogP contribution in [0.15, 0.2) is 36.4 Å². The van der Waals surface area contributed by atoms with Crippen LogP contribution in [0.3, 0.4) is 0 Å². The molecular weight excluding hydrogens is 480 g/mol. The predicted octanol–water partition coefficient (Wildman–Crippen LogP) is 10.1. The second-order valence-corrected chi connectivity index (χ2v) is 10.4. The largest absolute Gasteiger partial charge is 0.494 e. The standard InChI is InChI=1S/C31H46N2O5/c1-3-4-5-6-7-8-9-10-11-12-13-14-15-16-17-18-23-38-27-20-22-31(33(36)37)29(25-27)28-24-26(2)19-21-30(28)32(34)35/h19-22,24-25H,3-18,23H2,1-2H3. The van der Waals surface area contributed by atoms with Crippen LogP contribution in [-0.4, -0.2) is 16.5 Å². The molecule has 0 N–H and O–H groups in total. The summed E-state index contributed by atoms with van der Waals surface area (Å²) in [5.41, 5.74) is 0.894. The topological polar surface area (TPSA) is 95.5 Å². The van der Waals surface area contributed by atoms with Crippen molar-refractivity contribution in [2.24, 2.45) is 0 Å². The van der Waals surface area contributed by atoms with Crippen molar-refractivity contribution in [1.82, 2.24) is 0 Å². The molecule has 2 aromatic carbocycles. The first-order valence-corrected chi connectivity index (χ1v) is 14.6. The molecule has 7 heteroatoms. The number of rotatable bonds is 21. The summed E-state index contributed by atoms with van der Waals surface area (Å²) in [6, 6.07) is 9.11. The van der Waals surface area contributed by atoms with Crippen molar-refractivity contribution < 1.29 is 14.6 Å². The van der Waals surface area contributed by atoms with Crippen LogP contribution in [0, 0.1) is 27.2 Å². The average Bonchev–Trinajstić information content (AvgIpc) is 2.90. The van der Waals surface area contributed by atoms with Crippen molar-refractivity contribution in [3.63, 3.8) is 0 Å². The number of hydrogen-bond donors (Lipinski definition) is 0. The number of benzene rings is 2. The maximum atomic E-state index is 11.6. The zero-order chi connectivity index (χ0) is 27.6. The van der Waals surface area contributed by atoms with E-state index in [9.17, 15) is 20.2 Å². The molecule has 0 aromatic heterocycles. The Balaban J connectivity index is 1.65. The molecule has 210 valence electrons. The Hall–Kier alpha value is -2.96. The monoisotopic (exact) mass is 526 g/mol. The fraction of sp³-hybridized carbons (Fsp3) is 0.613. The van der Waals surface area contributed by atoms with Crippen molar-refractivity contribution in [2.45, 2.75) is 117 Å². The van der Waals surface area contributed by atoms with Crippen LogP contribution in [0.5, 0.6) is 5.75 Å². The molecule has 0 fully saturated rings. The van der Waals surface area contributed by atoms with Gasteiger partial charge in [-0.15, -0.1) is 0 Å². The van der Waals surface area contributed by atoms with E-state index in [1.54, 1.807) is 31.2 Å². The quantitative estimate of drug-likeness (QED) is 0.0915. The molecule has 0 atom stereocenters. The van der Waals surface area contributed by atoms with Gasteiger partial charge in [0.25, 0.3) is 11.4 Å². The van der Waals surface area contributed by atoms with E-state index in [4.69, 9.17) is 4.74 Å². The lowest BCUT2D eigenvalue weighted by molar-refractivity contribution is -0.386. The molecule has 0 saturated heterocycles. The Morgan fingerprint density at radius 1 is 0.605 bits per heavy atom. The number of hydrogen-bond acceptors (Lipinski definition) is 5. The molecule has 0 amide bonds. The highest BCUT2D eigenvalue weighted by molar-refractivity contribution is 5.81. The van der Waals surface area contributed by atoms with Crippen LogP contribution in [0.1, 0.15) is 115 Å². The maximum absolute atomic E-state index is 11.6. The molecule has 2 aromatic rings. The Morgan fingerprint density at radius 2 is 1.03 bits per heavy atom. The van der Waals surface area contributed by atoms with E-state index in [1.165, 1.54) is 102 Å². The molecule has 0 unspecified atom stereocenters. The number of nitro benzene ring substituents is 2. The number of nitrogens with zero attached hydrogens (tertiary/aromatic N) is 2. The van der Waals surface area contributed by atoms with Gasteiger partial charge in [-0.25, -0.2) is 0 Å². The first-order chi connectivity index (χ1) is 18.4. The Morgan fingerprint density at radius 3 is 1.50 bits per heavy atom. The SMILES string of the molecule is CCCCCCCCCCCCCCCCCCOc1ccc([N+](=O)[O-])c(-c2cc(C)ccc2[N+](=O)[O-])c1. The molecule has 2 rings (SSSR count). The fourth-order valence-corrected chi connectivity index (χ4v) is 4.84. The molecule has 0 aliphatic rings. The van der Waals surface area contributed by atoms with Gasteiger partial charge in [-0.3, -0.25) is 20.2 Å². The number of ether oxygens (including phenoxy) is 1. The van der Waals surface area contributed by atoms with Gasteiger partial charge in [-0.2, -0.15) is 0 Å². The molecule has 38 heavy (non-hydrogen) atoms. The Labute approximate surface area is 228 Å². The van der Waals surface area contributed by atoms with Crippen LogP contribution in [0.25, 0.3) is 11.1 Å². The summed E-state index contributed by atoms with van der Waals surface area (Å²) < 4.78 is 5.86. The highest BCUT2D eigenvalue weighted by atomic mass is 16.6. The summed E-state index contributed by atoms with van der Waals surface area (Å²) in [7, 11) is 0. The molecule has 0 bridgehead atoms. The molecule has 0 radical (unpaired) electrons. The van der Waals surface area contributed by atoms with Crippen molar-refractivity contribution in [1.29, 1.82) is 0 Å². The molecular formula is C31H46N2O5. The molecule has 0 heterocycles. The highest BCUT2D eigenvalue weighted by Crippen LogP contribution is 2.38. The van der Waals surface area contributed by atoms with E-state index in [-0.39, 0.29) is 22.5 Å². The minimum absolute atomic E-state index is 0.159. The minimum Gasteiger partial charge on any atom is -0.494 e. The number of unbranched alkanes of at least 4 members (excludes halogenated alkanes) is 15. The molecule has 0 aliphatic heterocycles. The highest BCUT2D eigenvalue weighted by Gasteiger charge is 2.24. The maximum Gasteiger partial charge on any atom is 0.277 e. The lowest BCUT2D eigenvalue weighted by Gasteiger charge is -2.10. The van der Waals surface area contributed by atoms with Gasteiger partial charge in [0, 0.05) is 12.1 Å². The van der Waals surface area contributed by atoms with E-state index < -0.39 is 9.85 Å². The second-order valence-electron chi connectivity index (χ2n) is 10.4. The molecule has 0 aliphatic carbocycles. The molecule has 0 saturated carbocycles. The lowest BCUT2D eigenvalue weighted by atomic mass is 9.99. The first kappa shape index (κ1) is 31.3. The van der Waals surface area contributed by atoms with Gasteiger partial charge in [0.05, 0.1) is 27.6 Å². The summed E-state index contributed by atoms with van der Waals surface area (Å²) in [4.78, 5) is 22.1. The van der Waals surface area contributed by atoms with E-state index >= 15 is 0 Å². The van der Waals surface area contributed by atoms with Crippen LogP contribution in [0.2, 0.25) is 0 Å². The molecule has 7 nitrogen and oxygen atoms in total. The average molecular weight is 527 g/mol. The lowest BCUT2D eigenvalue weighted by Crippen LogP contribution is -2.00. The van der Waals surface area contributed by atoms with Gasteiger partial charge in [0.1, 0.15) is 5.75 Å². The third-order valence-corrected chi connectivity index (χ3v) is 7.07. The summed E-state index contributed by atoms with van der Waals surface area (Å²) in [5, 5.41) is 23.1. The first-order valence-electron chi connectivity index (χ1n) is 14.6. The number of aryl methyl sites for hydroxylation is 1. The van der Waals surface area contributed by atoms with Gasteiger partial charge >= 0.3 is 0 Å². The van der Waals surface area contributed by atoms with E-state index in [0.29, 0.717) is 12.4 Å². The smallest absolute Gasteiger partial charge is 0.277 e. The van der Waals surface area contributed by atoms with Crippen molar-refractivity contribution >= 4 is 11.4 Å². The van der Waals surface area contributed by atoms with Gasteiger partial charge in [0.15, 0.2) is 0 Å². The van der Waals surface area contributed by atoms with E-state index in [0.717, 1.165) is 18.4 Å². The zero-order valence-corrected chi connectivity index (χ0v) is 23.4. The van der Waals surface area contributed by atoms with Gasteiger partial charge in [-0.1, -0.05) is 115 Å². The number of nitro groups is 2. The normalized spacial score (nSPS) is 11.0.